The Morgan fingerprint density at radius 1 is 1.14 bits per heavy atom. The fourth-order valence-electron chi connectivity index (χ4n) is 2.78. The second-order valence-electron chi connectivity index (χ2n) is 5.37. The number of esters is 1. The molecular formula is C17H19NO2S. The van der Waals surface area contributed by atoms with Gasteiger partial charge in [-0.2, -0.15) is 0 Å². The molecule has 3 rings (SSSR count). The van der Waals surface area contributed by atoms with Crippen LogP contribution < -0.4 is 5.73 Å². The Hall–Kier alpha value is -1.81. The van der Waals surface area contributed by atoms with E-state index in [4.69, 9.17) is 10.5 Å². The number of carbonyl (C=O) groups excluding carboxylic acids is 1. The van der Waals surface area contributed by atoms with Crippen LogP contribution >= 0.6 is 11.3 Å². The number of rotatable bonds is 3. The first-order chi connectivity index (χ1) is 10.3. The van der Waals surface area contributed by atoms with Crippen LogP contribution in [0.25, 0.3) is 0 Å². The Morgan fingerprint density at radius 2 is 1.90 bits per heavy atom. The van der Waals surface area contributed by atoms with Crippen molar-refractivity contribution >= 4 is 22.3 Å². The molecule has 1 aromatic carbocycles. The van der Waals surface area contributed by atoms with Gasteiger partial charge >= 0.3 is 5.97 Å². The van der Waals surface area contributed by atoms with Gasteiger partial charge in [-0.25, -0.2) is 4.79 Å². The van der Waals surface area contributed by atoms with E-state index >= 15 is 0 Å². The molecule has 0 fully saturated rings. The standard InChI is InChI=1S/C17H19NO2S/c18-16-15(13-9-5-2-6-10-14(13)21-16)17(19)20-11-12-7-3-1-4-8-12/h1,3-4,7-8H,2,5-6,9-11,18H2. The number of ether oxygens (including phenoxy) is 1. The molecule has 1 aliphatic rings. The Bertz CT molecular complexity index is 634. The summed E-state index contributed by atoms with van der Waals surface area (Å²) in [6.07, 6.45) is 5.52. The molecule has 3 nitrogen and oxygen atoms in total. The summed E-state index contributed by atoms with van der Waals surface area (Å²) in [5.41, 5.74) is 8.80. The molecule has 1 heterocycles. The lowest BCUT2D eigenvalue weighted by Gasteiger charge is -2.07. The number of anilines is 1. The van der Waals surface area contributed by atoms with E-state index < -0.39 is 0 Å². The van der Waals surface area contributed by atoms with Gasteiger partial charge in [0.05, 0.1) is 5.56 Å². The third-order valence-electron chi connectivity index (χ3n) is 3.87. The van der Waals surface area contributed by atoms with E-state index in [0.717, 1.165) is 30.4 Å². The summed E-state index contributed by atoms with van der Waals surface area (Å²) in [7, 11) is 0. The van der Waals surface area contributed by atoms with E-state index in [0.29, 0.717) is 17.2 Å². The molecule has 0 spiro atoms. The number of hydrogen-bond acceptors (Lipinski definition) is 4. The zero-order valence-corrected chi connectivity index (χ0v) is 12.7. The van der Waals surface area contributed by atoms with Crippen molar-refractivity contribution in [3.05, 3.63) is 51.9 Å². The summed E-state index contributed by atoms with van der Waals surface area (Å²) in [6.45, 7) is 0.295. The maximum Gasteiger partial charge on any atom is 0.341 e. The molecule has 2 N–H and O–H groups in total. The smallest absolute Gasteiger partial charge is 0.341 e. The van der Waals surface area contributed by atoms with Gasteiger partial charge in [-0.3, -0.25) is 0 Å². The van der Waals surface area contributed by atoms with E-state index in [2.05, 4.69) is 0 Å². The largest absolute Gasteiger partial charge is 0.457 e. The number of nitrogens with two attached hydrogens (primary N) is 1. The summed E-state index contributed by atoms with van der Waals surface area (Å²) >= 11 is 1.56. The summed E-state index contributed by atoms with van der Waals surface area (Å²) in [4.78, 5) is 13.7. The van der Waals surface area contributed by atoms with E-state index in [9.17, 15) is 4.79 Å². The predicted octanol–water partition coefficient (Wildman–Crippen LogP) is 3.96. The molecular weight excluding hydrogens is 282 g/mol. The SMILES string of the molecule is Nc1sc2c(c1C(=O)OCc1ccccc1)CCCCC2. The minimum Gasteiger partial charge on any atom is -0.457 e. The number of benzene rings is 1. The molecule has 0 atom stereocenters. The van der Waals surface area contributed by atoms with Gasteiger partial charge in [-0.05, 0) is 36.8 Å². The molecule has 0 saturated heterocycles. The van der Waals surface area contributed by atoms with Crippen LogP contribution in [-0.4, -0.2) is 5.97 Å². The van der Waals surface area contributed by atoms with E-state index in [1.807, 2.05) is 30.3 Å². The van der Waals surface area contributed by atoms with Gasteiger partial charge in [0.15, 0.2) is 0 Å². The molecule has 21 heavy (non-hydrogen) atoms. The molecule has 0 aliphatic heterocycles. The first kappa shape index (κ1) is 14.1. The molecule has 0 bridgehead atoms. The van der Waals surface area contributed by atoms with Crippen LogP contribution in [-0.2, 0) is 24.2 Å². The van der Waals surface area contributed by atoms with Gasteiger partial charge in [-0.1, -0.05) is 36.8 Å². The Kier molecular flexibility index (Phi) is 4.25. The summed E-state index contributed by atoms with van der Waals surface area (Å²) in [6, 6.07) is 9.72. The fraction of sp³-hybridized carbons (Fsp3) is 0.353. The van der Waals surface area contributed by atoms with Crippen molar-refractivity contribution in [1.82, 2.24) is 0 Å². The van der Waals surface area contributed by atoms with Crippen LogP contribution in [0, 0.1) is 0 Å². The average Bonchev–Trinajstić information content (AvgIpc) is 2.67. The quantitative estimate of drug-likeness (QED) is 0.689. The second kappa shape index (κ2) is 6.31. The molecule has 1 aromatic heterocycles. The lowest BCUT2D eigenvalue weighted by Crippen LogP contribution is -2.09. The summed E-state index contributed by atoms with van der Waals surface area (Å²) in [5, 5.41) is 0.611. The topological polar surface area (TPSA) is 52.3 Å². The summed E-state index contributed by atoms with van der Waals surface area (Å²) in [5.74, 6) is -0.282. The maximum absolute atomic E-state index is 12.4. The van der Waals surface area contributed by atoms with E-state index in [1.165, 1.54) is 17.7 Å². The van der Waals surface area contributed by atoms with Gasteiger partial charge in [0, 0.05) is 4.88 Å². The van der Waals surface area contributed by atoms with Gasteiger partial charge < -0.3 is 10.5 Å². The van der Waals surface area contributed by atoms with Crippen molar-refractivity contribution < 1.29 is 9.53 Å². The Labute approximate surface area is 128 Å². The van der Waals surface area contributed by atoms with Crippen LogP contribution in [0.2, 0.25) is 0 Å². The van der Waals surface area contributed by atoms with Gasteiger partial charge in [0.25, 0.3) is 0 Å². The minimum absolute atomic E-state index is 0.282. The molecule has 1 aliphatic carbocycles. The van der Waals surface area contributed by atoms with E-state index in [1.54, 1.807) is 11.3 Å². The van der Waals surface area contributed by atoms with Gasteiger partial charge in [0.2, 0.25) is 0 Å². The van der Waals surface area contributed by atoms with Crippen molar-refractivity contribution in [3.8, 4) is 0 Å². The highest BCUT2D eigenvalue weighted by Crippen LogP contribution is 2.36. The van der Waals surface area contributed by atoms with Gasteiger partial charge in [0.1, 0.15) is 11.6 Å². The van der Waals surface area contributed by atoms with Crippen molar-refractivity contribution in [2.45, 2.75) is 38.7 Å². The minimum atomic E-state index is -0.282. The zero-order valence-electron chi connectivity index (χ0n) is 11.9. The van der Waals surface area contributed by atoms with Gasteiger partial charge in [-0.15, -0.1) is 11.3 Å². The molecule has 0 unspecified atom stereocenters. The number of fused-ring (bicyclic) bond motifs is 1. The molecule has 0 amide bonds. The fourth-order valence-corrected chi connectivity index (χ4v) is 3.93. The molecule has 0 radical (unpaired) electrons. The van der Waals surface area contributed by atoms with E-state index in [-0.39, 0.29) is 5.97 Å². The lowest BCUT2D eigenvalue weighted by molar-refractivity contribution is 0.0473. The van der Waals surface area contributed by atoms with Crippen molar-refractivity contribution in [2.75, 3.05) is 5.73 Å². The highest BCUT2D eigenvalue weighted by Gasteiger charge is 2.24. The van der Waals surface area contributed by atoms with Crippen LogP contribution in [0.3, 0.4) is 0 Å². The molecule has 2 aromatic rings. The molecule has 0 saturated carbocycles. The first-order valence-electron chi connectivity index (χ1n) is 7.37. The second-order valence-corrected chi connectivity index (χ2v) is 6.50. The lowest BCUT2D eigenvalue weighted by atomic mass is 10.1. The summed E-state index contributed by atoms with van der Waals surface area (Å²) < 4.78 is 5.45. The number of aryl methyl sites for hydroxylation is 1. The first-order valence-corrected chi connectivity index (χ1v) is 8.18. The Balaban J connectivity index is 1.77. The highest BCUT2D eigenvalue weighted by atomic mass is 32.1. The Morgan fingerprint density at radius 3 is 2.71 bits per heavy atom. The number of hydrogen-bond donors (Lipinski definition) is 1. The molecule has 4 heteroatoms. The van der Waals surface area contributed by atoms with Crippen molar-refractivity contribution in [3.63, 3.8) is 0 Å². The maximum atomic E-state index is 12.4. The number of carbonyl (C=O) groups is 1. The normalized spacial score (nSPS) is 14.3. The van der Waals surface area contributed by atoms with Crippen LogP contribution in [0.4, 0.5) is 5.00 Å². The van der Waals surface area contributed by atoms with Crippen molar-refractivity contribution in [1.29, 1.82) is 0 Å². The average molecular weight is 301 g/mol. The van der Waals surface area contributed by atoms with Crippen molar-refractivity contribution in [2.24, 2.45) is 0 Å². The van der Waals surface area contributed by atoms with Crippen LogP contribution in [0.15, 0.2) is 30.3 Å². The monoisotopic (exact) mass is 301 g/mol. The van der Waals surface area contributed by atoms with Crippen LogP contribution in [0.1, 0.15) is 45.6 Å². The van der Waals surface area contributed by atoms with Crippen LogP contribution in [0.5, 0.6) is 0 Å². The predicted molar refractivity (Wildman–Crippen MR) is 85.6 cm³/mol. The zero-order chi connectivity index (χ0) is 14.7. The number of thiophene rings is 1. The highest BCUT2D eigenvalue weighted by molar-refractivity contribution is 7.16. The third-order valence-corrected chi connectivity index (χ3v) is 4.99. The molecule has 110 valence electrons. The number of nitrogen functional groups attached to an aromatic ring is 1. The third kappa shape index (κ3) is 3.10.